The number of aromatic nitrogens is 3. The third kappa shape index (κ3) is 5.35. The molecule has 2 aliphatic rings. The van der Waals surface area contributed by atoms with Crippen molar-refractivity contribution in [2.75, 3.05) is 57.8 Å². The summed E-state index contributed by atoms with van der Waals surface area (Å²) in [5.74, 6) is 0.413. The van der Waals surface area contributed by atoms with E-state index in [4.69, 9.17) is 4.74 Å². The highest BCUT2D eigenvalue weighted by Gasteiger charge is 2.37. The highest BCUT2D eigenvalue weighted by molar-refractivity contribution is 6.00. The van der Waals surface area contributed by atoms with Gasteiger partial charge < -0.3 is 14.5 Å². The van der Waals surface area contributed by atoms with Crippen LogP contribution in [0.15, 0.2) is 30.6 Å². The van der Waals surface area contributed by atoms with E-state index in [1.165, 1.54) is 12.0 Å². The molecule has 0 aliphatic carbocycles. The van der Waals surface area contributed by atoms with E-state index in [2.05, 4.69) is 9.97 Å². The van der Waals surface area contributed by atoms with Gasteiger partial charge >= 0.3 is 12.4 Å². The lowest BCUT2D eigenvalue weighted by Gasteiger charge is -2.35. The number of hydrogen-bond donors (Lipinski definition) is 0. The molecule has 0 N–H and O–H groups in total. The minimum atomic E-state index is -4.50. The Labute approximate surface area is 213 Å². The molecular formula is C24H24F6N6O2. The second kappa shape index (κ2) is 9.64. The predicted octanol–water partition coefficient (Wildman–Crippen LogP) is 3.65. The number of alkyl halides is 6. The number of amides is 1. The van der Waals surface area contributed by atoms with Gasteiger partial charge in [0.25, 0.3) is 5.91 Å². The molecule has 1 aromatic carbocycles. The van der Waals surface area contributed by atoms with Gasteiger partial charge in [-0.25, -0.2) is 4.98 Å². The van der Waals surface area contributed by atoms with E-state index in [1.54, 1.807) is 35.0 Å². The normalized spacial score (nSPS) is 17.3. The van der Waals surface area contributed by atoms with Crippen LogP contribution in [0, 0.1) is 0 Å². The van der Waals surface area contributed by atoms with Crippen LogP contribution >= 0.6 is 0 Å². The number of rotatable bonds is 5. The monoisotopic (exact) mass is 542 g/mol. The van der Waals surface area contributed by atoms with Gasteiger partial charge in [-0.15, -0.1) is 0 Å². The minimum absolute atomic E-state index is 0.0632. The first-order chi connectivity index (χ1) is 17.9. The van der Waals surface area contributed by atoms with Crippen molar-refractivity contribution in [2.24, 2.45) is 0 Å². The summed E-state index contributed by atoms with van der Waals surface area (Å²) in [6.45, 7) is -1.00. The number of hydrogen-bond acceptors (Lipinski definition) is 6. The van der Waals surface area contributed by atoms with Crippen molar-refractivity contribution in [2.45, 2.75) is 18.8 Å². The Kier molecular flexibility index (Phi) is 6.61. The lowest BCUT2D eigenvalue weighted by atomic mass is 9.94. The van der Waals surface area contributed by atoms with Crippen molar-refractivity contribution in [3.05, 3.63) is 41.7 Å². The van der Waals surface area contributed by atoms with Gasteiger partial charge in [-0.1, -0.05) is 0 Å². The fourth-order valence-electron chi connectivity index (χ4n) is 4.94. The second-order valence-corrected chi connectivity index (χ2v) is 9.28. The molecule has 4 heterocycles. The van der Waals surface area contributed by atoms with Crippen LogP contribution in [-0.2, 0) is 6.42 Å². The number of carbonyl (C=O) groups is 1. The summed E-state index contributed by atoms with van der Waals surface area (Å²) in [4.78, 5) is 25.8. The van der Waals surface area contributed by atoms with Gasteiger partial charge in [0.1, 0.15) is 18.1 Å². The first kappa shape index (κ1) is 26.1. The first-order valence-corrected chi connectivity index (χ1v) is 11.9. The molecule has 1 amide bonds. The molecule has 0 unspecified atom stereocenters. The van der Waals surface area contributed by atoms with Crippen LogP contribution in [0.3, 0.4) is 0 Å². The van der Waals surface area contributed by atoms with Crippen LogP contribution in [-0.4, -0.2) is 95.4 Å². The SMILES string of the molecule is COc1cc(-c2cnc3nc(N4CCN(CC(F)(F)F)CC4)ccn23)cc2c1C(=O)N(CC(F)(F)F)CC2. The van der Waals surface area contributed by atoms with Gasteiger partial charge in [-0.05, 0) is 30.2 Å². The zero-order valence-corrected chi connectivity index (χ0v) is 20.3. The molecule has 0 spiro atoms. The van der Waals surface area contributed by atoms with Gasteiger partial charge in [-0.2, -0.15) is 31.3 Å². The Morgan fingerprint density at radius 2 is 1.68 bits per heavy atom. The molecule has 204 valence electrons. The summed E-state index contributed by atoms with van der Waals surface area (Å²) in [7, 11) is 1.35. The number of piperazine rings is 1. The van der Waals surface area contributed by atoms with Crippen molar-refractivity contribution >= 4 is 17.5 Å². The van der Waals surface area contributed by atoms with Gasteiger partial charge in [0.15, 0.2) is 0 Å². The Morgan fingerprint density at radius 3 is 2.34 bits per heavy atom. The summed E-state index contributed by atoms with van der Waals surface area (Å²) in [5.41, 5.74) is 1.99. The average molecular weight is 542 g/mol. The lowest BCUT2D eigenvalue weighted by molar-refractivity contribution is -0.146. The molecule has 14 heteroatoms. The Hall–Kier alpha value is -3.55. The molecule has 0 radical (unpaired) electrons. The zero-order valence-electron chi connectivity index (χ0n) is 20.3. The van der Waals surface area contributed by atoms with E-state index < -0.39 is 31.3 Å². The smallest absolute Gasteiger partial charge is 0.406 e. The van der Waals surface area contributed by atoms with Crippen molar-refractivity contribution in [3.63, 3.8) is 0 Å². The number of methoxy groups -OCH3 is 1. The molecule has 2 aromatic heterocycles. The molecule has 8 nitrogen and oxygen atoms in total. The maximum Gasteiger partial charge on any atom is 0.406 e. The van der Waals surface area contributed by atoms with Crippen molar-refractivity contribution in [3.8, 4) is 17.0 Å². The average Bonchev–Trinajstić information content (AvgIpc) is 3.27. The van der Waals surface area contributed by atoms with E-state index in [0.29, 0.717) is 41.5 Å². The largest absolute Gasteiger partial charge is 0.496 e. The van der Waals surface area contributed by atoms with E-state index in [0.717, 1.165) is 4.90 Å². The third-order valence-corrected chi connectivity index (χ3v) is 6.69. The van der Waals surface area contributed by atoms with Crippen LogP contribution in [0.1, 0.15) is 15.9 Å². The summed E-state index contributed by atoms with van der Waals surface area (Å²) in [6, 6.07) is 5.09. The highest BCUT2D eigenvalue weighted by atomic mass is 19.4. The quantitative estimate of drug-likeness (QED) is 0.459. The molecule has 0 saturated carbocycles. The Balaban J connectivity index is 1.38. The zero-order chi connectivity index (χ0) is 27.2. The van der Waals surface area contributed by atoms with E-state index in [-0.39, 0.29) is 37.4 Å². The summed E-state index contributed by atoms with van der Waals surface area (Å²) in [5, 5.41) is 0. The summed E-state index contributed by atoms with van der Waals surface area (Å²) < 4.78 is 83.8. The number of halogens is 6. The predicted molar refractivity (Wildman–Crippen MR) is 125 cm³/mol. The highest BCUT2D eigenvalue weighted by Crippen LogP contribution is 2.35. The maximum atomic E-state index is 12.9. The van der Waals surface area contributed by atoms with Gasteiger partial charge in [0.2, 0.25) is 5.78 Å². The van der Waals surface area contributed by atoms with Gasteiger partial charge in [0, 0.05) is 44.5 Å². The number of nitrogens with zero attached hydrogens (tertiary/aromatic N) is 6. The first-order valence-electron chi connectivity index (χ1n) is 11.9. The molecule has 3 aromatic rings. The van der Waals surface area contributed by atoms with Gasteiger partial charge in [-0.3, -0.25) is 14.1 Å². The minimum Gasteiger partial charge on any atom is -0.496 e. The van der Waals surface area contributed by atoms with Crippen LogP contribution in [0.5, 0.6) is 5.75 Å². The molecule has 38 heavy (non-hydrogen) atoms. The van der Waals surface area contributed by atoms with Crippen LogP contribution in [0.2, 0.25) is 0 Å². The molecule has 1 saturated heterocycles. The van der Waals surface area contributed by atoms with E-state index >= 15 is 0 Å². The number of carbonyl (C=O) groups excluding carboxylic acids is 1. The number of imidazole rings is 1. The molecular weight excluding hydrogens is 518 g/mol. The number of anilines is 1. The van der Waals surface area contributed by atoms with E-state index in [9.17, 15) is 31.1 Å². The van der Waals surface area contributed by atoms with Crippen LogP contribution < -0.4 is 9.64 Å². The topological polar surface area (TPSA) is 66.2 Å². The molecule has 2 aliphatic heterocycles. The molecule has 1 fully saturated rings. The summed E-state index contributed by atoms with van der Waals surface area (Å²) >= 11 is 0. The summed E-state index contributed by atoms with van der Waals surface area (Å²) in [6.07, 6.45) is -5.15. The van der Waals surface area contributed by atoms with E-state index in [1.807, 2.05) is 4.90 Å². The maximum absolute atomic E-state index is 12.9. The Morgan fingerprint density at radius 1 is 0.974 bits per heavy atom. The van der Waals surface area contributed by atoms with Gasteiger partial charge in [0.05, 0.1) is 31.1 Å². The second-order valence-electron chi connectivity index (χ2n) is 9.28. The fraction of sp³-hybridized carbons (Fsp3) is 0.458. The third-order valence-electron chi connectivity index (χ3n) is 6.69. The molecule has 0 atom stereocenters. The number of fused-ring (bicyclic) bond motifs is 2. The van der Waals surface area contributed by atoms with Crippen LogP contribution in [0.4, 0.5) is 32.2 Å². The standard InChI is InChI=1S/C24H24F6N6O2/c1-38-18-11-16(10-15-2-4-35(14-24(28,29)30)21(37)20(15)18)17-12-31-22-32-19(3-5-36(17)22)34-8-6-33(7-9-34)13-23(25,26)27/h3,5,10-12H,2,4,6-9,13-14H2,1H3. The fourth-order valence-corrected chi connectivity index (χ4v) is 4.94. The van der Waals surface area contributed by atoms with Crippen molar-refractivity contribution < 1.29 is 35.9 Å². The molecule has 5 rings (SSSR count). The number of benzene rings is 1. The van der Waals surface area contributed by atoms with Crippen molar-refractivity contribution in [1.29, 1.82) is 0 Å². The van der Waals surface area contributed by atoms with Crippen LogP contribution in [0.25, 0.3) is 17.0 Å². The Bertz CT molecular complexity index is 1330. The molecule has 0 bridgehead atoms. The number of ether oxygens (including phenoxy) is 1. The lowest BCUT2D eigenvalue weighted by Crippen LogP contribution is -2.49. The van der Waals surface area contributed by atoms with Crippen molar-refractivity contribution in [1.82, 2.24) is 24.2 Å².